The Bertz CT molecular complexity index is 453. The normalized spacial score (nSPS) is 12.2. The van der Waals surface area contributed by atoms with Crippen molar-refractivity contribution >= 4 is 34.2 Å². The molecule has 1 aromatic rings. The van der Waals surface area contributed by atoms with Gasteiger partial charge in [0.2, 0.25) is 0 Å². The first-order valence-electron chi connectivity index (χ1n) is 4.33. The summed E-state index contributed by atoms with van der Waals surface area (Å²) in [7, 11) is -1.44. The third-order valence-electron chi connectivity index (χ3n) is 1.79. The summed E-state index contributed by atoms with van der Waals surface area (Å²) >= 11 is 5.54. The van der Waals surface area contributed by atoms with Crippen LogP contribution < -0.4 is 4.72 Å². The highest BCUT2D eigenvalue weighted by Gasteiger charge is 2.19. The number of halogens is 2. The molecule has 0 aromatic heterocycles. The van der Waals surface area contributed by atoms with E-state index in [0.717, 1.165) is 0 Å². The summed E-state index contributed by atoms with van der Waals surface area (Å²) in [6.45, 7) is 1.65. The van der Waals surface area contributed by atoms with E-state index < -0.39 is 28.3 Å². The molecule has 0 saturated heterocycles. The molecule has 2 N–H and O–H groups in total. The van der Waals surface area contributed by atoms with Crippen LogP contribution in [0.2, 0.25) is 5.02 Å². The van der Waals surface area contributed by atoms with Crippen LogP contribution in [-0.4, -0.2) is 21.0 Å². The highest BCUT2D eigenvalue weighted by atomic mass is 35.5. The Morgan fingerprint density at radius 2 is 2.25 bits per heavy atom. The van der Waals surface area contributed by atoms with Gasteiger partial charge in [-0.2, -0.15) is 0 Å². The predicted octanol–water partition coefficient (Wildman–Crippen LogP) is 2.27. The number of nitrogens with one attached hydrogen (secondary N) is 1. The SMILES string of the molecule is CCS(=O)Nc1ccc(Cl)c(C(=O)O)c1F. The fourth-order valence-corrected chi connectivity index (χ4v) is 1.80. The van der Waals surface area contributed by atoms with E-state index in [0.29, 0.717) is 0 Å². The zero-order valence-electron chi connectivity index (χ0n) is 8.29. The van der Waals surface area contributed by atoms with Crippen molar-refractivity contribution in [3.05, 3.63) is 28.5 Å². The summed E-state index contributed by atoms with van der Waals surface area (Å²) in [5.41, 5.74) is -0.762. The van der Waals surface area contributed by atoms with Gasteiger partial charge in [0.15, 0.2) is 5.82 Å². The maximum absolute atomic E-state index is 13.6. The van der Waals surface area contributed by atoms with Crippen LogP contribution in [0.25, 0.3) is 0 Å². The van der Waals surface area contributed by atoms with Crippen LogP contribution in [0.3, 0.4) is 0 Å². The summed E-state index contributed by atoms with van der Waals surface area (Å²) in [6, 6.07) is 2.49. The molecular formula is C9H9ClFNO3S. The molecule has 0 aliphatic carbocycles. The molecule has 88 valence electrons. The van der Waals surface area contributed by atoms with Gasteiger partial charge < -0.3 is 9.83 Å². The Balaban J connectivity index is 3.18. The van der Waals surface area contributed by atoms with E-state index in [2.05, 4.69) is 4.72 Å². The first kappa shape index (κ1) is 12.9. The first-order valence-corrected chi connectivity index (χ1v) is 6.03. The van der Waals surface area contributed by atoms with Crippen LogP contribution in [0.5, 0.6) is 0 Å². The van der Waals surface area contributed by atoms with Crippen molar-refractivity contribution in [2.75, 3.05) is 10.5 Å². The minimum absolute atomic E-state index is 0.137. The molecule has 0 radical (unpaired) electrons. The van der Waals surface area contributed by atoms with Crippen LogP contribution in [0.1, 0.15) is 17.3 Å². The average Bonchev–Trinajstić information content (AvgIpc) is 2.21. The van der Waals surface area contributed by atoms with E-state index in [1.807, 2.05) is 0 Å². The molecule has 0 bridgehead atoms. The minimum atomic E-state index is -1.46. The number of hydrogen-bond donors (Lipinski definition) is 2. The number of carbonyl (C=O) groups is 1. The summed E-state index contributed by atoms with van der Waals surface area (Å²) in [6.07, 6.45) is 0. The molecule has 1 atom stereocenters. The molecule has 0 heterocycles. The van der Waals surface area contributed by atoms with Crippen molar-refractivity contribution < 1.29 is 18.5 Å². The summed E-state index contributed by atoms with van der Waals surface area (Å²) < 4.78 is 27.1. The monoisotopic (exact) mass is 265 g/mol. The van der Waals surface area contributed by atoms with E-state index in [4.69, 9.17) is 16.7 Å². The number of carboxylic acid groups (broad SMARTS) is 1. The van der Waals surface area contributed by atoms with E-state index >= 15 is 0 Å². The molecule has 16 heavy (non-hydrogen) atoms. The van der Waals surface area contributed by atoms with Gasteiger partial charge in [0, 0.05) is 5.75 Å². The standard InChI is InChI=1S/C9H9ClFNO3S/c1-2-16(15)12-6-4-3-5(10)7(8(6)11)9(13)14/h3-4,12H,2H2,1H3,(H,13,14). The smallest absolute Gasteiger partial charge is 0.340 e. The number of anilines is 1. The Hall–Kier alpha value is -1.14. The van der Waals surface area contributed by atoms with Gasteiger partial charge in [-0.25, -0.2) is 13.4 Å². The molecule has 0 amide bonds. The van der Waals surface area contributed by atoms with Gasteiger partial charge >= 0.3 is 5.97 Å². The van der Waals surface area contributed by atoms with Gasteiger partial charge in [0.1, 0.15) is 16.5 Å². The summed E-state index contributed by atoms with van der Waals surface area (Å²) in [5, 5.41) is 8.54. The lowest BCUT2D eigenvalue weighted by Gasteiger charge is -2.08. The molecule has 0 spiro atoms. The van der Waals surface area contributed by atoms with Gasteiger partial charge in [-0.05, 0) is 12.1 Å². The van der Waals surface area contributed by atoms with Crippen LogP contribution >= 0.6 is 11.6 Å². The topological polar surface area (TPSA) is 66.4 Å². The molecule has 7 heteroatoms. The fraction of sp³-hybridized carbons (Fsp3) is 0.222. The maximum Gasteiger partial charge on any atom is 0.340 e. The number of aromatic carboxylic acids is 1. The van der Waals surface area contributed by atoms with Crippen LogP contribution in [0.4, 0.5) is 10.1 Å². The highest BCUT2D eigenvalue weighted by Crippen LogP contribution is 2.25. The average molecular weight is 266 g/mol. The number of carboxylic acids is 1. The Morgan fingerprint density at radius 3 is 2.75 bits per heavy atom. The molecule has 0 saturated carbocycles. The van der Waals surface area contributed by atoms with E-state index in [1.54, 1.807) is 6.92 Å². The minimum Gasteiger partial charge on any atom is -0.478 e. The highest BCUT2D eigenvalue weighted by molar-refractivity contribution is 7.86. The van der Waals surface area contributed by atoms with Gasteiger partial charge in [0.25, 0.3) is 0 Å². The lowest BCUT2D eigenvalue weighted by molar-refractivity contribution is 0.0692. The molecular weight excluding hydrogens is 257 g/mol. The molecule has 0 fully saturated rings. The van der Waals surface area contributed by atoms with Crippen molar-refractivity contribution in [3.63, 3.8) is 0 Å². The second-order valence-electron chi connectivity index (χ2n) is 2.83. The van der Waals surface area contributed by atoms with Gasteiger partial charge in [0.05, 0.1) is 10.7 Å². The first-order chi connectivity index (χ1) is 7.47. The zero-order chi connectivity index (χ0) is 12.3. The number of hydrogen-bond acceptors (Lipinski definition) is 2. The molecule has 1 unspecified atom stereocenters. The van der Waals surface area contributed by atoms with Crippen molar-refractivity contribution in [3.8, 4) is 0 Å². The van der Waals surface area contributed by atoms with Crippen molar-refractivity contribution in [2.45, 2.75) is 6.92 Å². The van der Waals surface area contributed by atoms with Crippen molar-refractivity contribution in [1.82, 2.24) is 0 Å². The van der Waals surface area contributed by atoms with Crippen LogP contribution in [0.15, 0.2) is 12.1 Å². The Kier molecular flexibility index (Phi) is 4.26. The van der Waals surface area contributed by atoms with Crippen LogP contribution in [-0.2, 0) is 11.0 Å². The summed E-state index contributed by atoms with van der Waals surface area (Å²) in [4.78, 5) is 10.7. The lowest BCUT2D eigenvalue weighted by atomic mass is 10.2. The van der Waals surface area contributed by atoms with E-state index in [9.17, 15) is 13.4 Å². The van der Waals surface area contributed by atoms with Crippen molar-refractivity contribution in [2.24, 2.45) is 0 Å². The van der Waals surface area contributed by atoms with Gasteiger partial charge in [-0.3, -0.25) is 0 Å². The largest absolute Gasteiger partial charge is 0.478 e. The lowest BCUT2D eigenvalue weighted by Crippen LogP contribution is -2.10. The fourth-order valence-electron chi connectivity index (χ4n) is 1.02. The molecule has 4 nitrogen and oxygen atoms in total. The van der Waals surface area contributed by atoms with E-state index in [1.165, 1.54) is 12.1 Å². The number of benzene rings is 1. The number of rotatable bonds is 4. The Morgan fingerprint density at radius 1 is 1.62 bits per heavy atom. The predicted molar refractivity (Wildman–Crippen MR) is 60.7 cm³/mol. The third-order valence-corrected chi connectivity index (χ3v) is 3.08. The molecule has 0 aliphatic rings. The van der Waals surface area contributed by atoms with E-state index in [-0.39, 0.29) is 16.5 Å². The maximum atomic E-state index is 13.6. The zero-order valence-corrected chi connectivity index (χ0v) is 9.86. The third kappa shape index (κ3) is 2.70. The van der Waals surface area contributed by atoms with Crippen LogP contribution in [0, 0.1) is 5.82 Å². The second kappa shape index (κ2) is 5.27. The molecule has 1 aromatic carbocycles. The Labute approximate surface area is 99.0 Å². The van der Waals surface area contributed by atoms with Gasteiger partial charge in [-0.15, -0.1) is 0 Å². The summed E-state index contributed by atoms with van der Waals surface area (Å²) in [5.74, 6) is -2.19. The molecule has 0 aliphatic heterocycles. The van der Waals surface area contributed by atoms with Gasteiger partial charge in [-0.1, -0.05) is 18.5 Å². The second-order valence-corrected chi connectivity index (χ2v) is 4.71. The molecule has 1 rings (SSSR count). The quantitative estimate of drug-likeness (QED) is 0.878. The van der Waals surface area contributed by atoms with Crippen molar-refractivity contribution in [1.29, 1.82) is 0 Å².